The zero-order chi connectivity index (χ0) is 27.1. The van der Waals surface area contributed by atoms with Gasteiger partial charge in [0, 0.05) is 68.8 Å². The van der Waals surface area contributed by atoms with Gasteiger partial charge in [0.25, 0.3) is 0 Å². The van der Waals surface area contributed by atoms with E-state index in [4.69, 9.17) is 9.47 Å². The number of aryl methyl sites for hydroxylation is 1. The maximum Gasteiger partial charge on any atom is 0.410 e. The zero-order valence-electron chi connectivity index (χ0n) is 23.3. The molecule has 2 aliphatic rings. The number of methoxy groups -OCH3 is 1. The SMILES string of the molecule is COC[C@H]1CN(C(=O)OC(C)(C)C)[C@H](C)CN1CC(=O)N1CC(C)(C)c2cnc(-c3cnn(C)c3)cc21. The molecule has 2 atom stereocenters. The molecule has 10 nitrogen and oxygen atoms in total. The number of pyridine rings is 1. The van der Waals surface area contributed by atoms with Crippen molar-refractivity contribution < 1.29 is 19.1 Å². The molecular formula is C27H40N6O4. The van der Waals surface area contributed by atoms with Gasteiger partial charge in [-0.25, -0.2) is 4.79 Å². The van der Waals surface area contributed by atoms with Crippen LogP contribution in [0.5, 0.6) is 0 Å². The summed E-state index contributed by atoms with van der Waals surface area (Å²) in [7, 11) is 3.51. The highest BCUT2D eigenvalue weighted by molar-refractivity contribution is 5.98. The highest BCUT2D eigenvalue weighted by atomic mass is 16.6. The minimum absolute atomic E-state index is 0.0224. The number of amides is 2. The minimum Gasteiger partial charge on any atom is -0.444 e. The largest absolute Gasteiger partial charge is 0.444 e. The molecule has 0 radical (unpaired) electrons. The Bertz CT molecular complexity index is 1150. The number of piperazine rings is 1. The van der Waals surface area contributed by atoms with E-state index in [9.17, 15) is 9.59 Å². The van der Waals surface area contributed by atoms with E-state index in [0.717, 1.165) is 22.5 Å². The summed E-state index contributed by atoms with van der Waals surface area (Å²) < 4.78 is 12.8. The standard InChI is InChI=1S/C27H40N6O4/c1-18-12-31(20(16-36-8)14-32(18)25(35)37-26(2,3)4)15-24(34)33-17-27(5,6)21-11-28-22(9-23(21)33)19-10-29-30(7)13-19/h9-11,13,18,20H,12,14-17H2,1-8H3/t18-,20-/m1/s1. The molecule has 2 aromatic heterocycles. The molecule has 1 fully saturated rings. The maximum absolute atomic E-state index is 13.8. The van der Waals surface area contributed by atoms with Crippen molar-refractivity contribution in [2.45, 2.75) is 64.6 Å². The van der Waals surface area contributed by atoms with Gasteiger partial charge < -0.3 is 19.3 Å². The lowest BCUT2D eigenvalue weighted by Crippen LogP contribution is -2.62. The van der Waals surface area contributed by atoms with Gasteiger partial charge in [0.1, 0.15) is 5.60 Å². The normalized spacial score (nSPS) is 21.7. The Hall–Kier alpha value is -2.98. The van der Waals surface area contributed by atoms with Crippen molar-refractivity contribution in [3.05, 3.63) is 30.2 Å². The van der Waals surface area contributed by atoms with Gasteiger partial charge in [-0.15, -0.1) is 0 Å². The Morgan fingerprint density at radius 2 is 1.92 bits per heavy atom. The fourth-order valence-corrected chi connectivity index (χ4v) is 5.18. The van der Waals surface area contributed by atoms with Crippen molar-refractivity contribution in [2.75, 3.05) is 44.8 Å². The number of anilines is 1. The van der Waals surface area contributed by atoms with Crippen LogP contribution in [0.1, 0.15) is 47.1 Å². The predicted octanol–water partition coefficient (Wildman–Crippen LogP) is 3.06. The summed E-state index contributed by atoms with van der Waals surface area (Å²) in [4.78, 5) is 37.0. The number of fused-ring (bicyclic) bond motifs is 1. The second-order valence-corrected chi connectivity index (χ2v) is 11.9. The molecule has 2 aromatic rings. The Balaban J connectivity index is 1.54. The lowest BCUT2D eigenvalue weighted by molar-refractivity contribution is -0.121. The molecule has 0 saturated carbocycles. The summed E-state index contributed by atoms with van der Waals surface area (Å²) in [5.74, 6) is 0.0224. The zero-order valence-corrected chi connectivity index (χ0v) is 23.3. The van der Waals surface area contributed by atoms with Crippen LogP contribution < -0.4 is 4.90 Å². The molecule has 10 heteroatoms. The topological polar surface area (TPSA) is 93.0 Å². The highest BCUT2D eigenvalue weighted by Crippen LogP contribution is 2.41. The average molecular weight is 513 g/mol. The summed E-state index contributed by atoms with van der Waals surface area (Å²) in [6, 6.07) is 1.78. The van der Waals surface area contributed by atoms with E-state index in [1.54, 1.807) is 22.9 Å². The van der Waals surface area contributed by atoms with Crippen molar-refractivity contribution in [1.29, 1.82) is 0 Å². The lowest BCUT2D eigenvalue weighted by atomic mass is 9.88. The molecule has 4 heterocycles. The first-order valence-electron chi connectivity index (χ1n) is 12.8. The van der Waals surface area contributed by atoms with E-state index < -0.39 is 5.60 Å². The highest BCUT2D eigenvalue weighted by Gasteiger charge is 2.41. The number of hydrogen-bond donors (Lipinski definition) is 0. The Morgan fingerprint density at radius 1 is 1.19 bits per heavy atom. The first-order chi connectivity index (χ1) is 17.3. The number of ether oxygens (including phenoxy) is 2. The third-order valence-corrected chi connectivity index (χ3v) is 7.04. The fraction of sp³-hybridized carbons (Fsp3) is 0.630. The Kier molecular flexibility index (Phi) is 7.36. The van der Waals surface area contributed by atoms with Gasteiger partial charge in [-0.3, -0.25) is 19.4 Å². The van der Waals surface area contributed by atoms with Crippen LogP contribution in [0.4, 0.5) is 10.5 Å². The van der Waals surface area contributed by atoms with Gasteiger partial charge >= 0.3 is 6.09 Å². The number of hydrogen-bond acceptors (Lipinski definition) is 7. The molecule has 0 spiro atoms. The van der Waals surface area contributed by atoms with Crippen LogP contribution in [0.3, 0.4) is 0 Å². The molecule has 0 unspecified atom stereocenters. The molecular weight excluding hydrogens is 472 g/mol. The van der Waals surface area contributed by atoms with Gasteiger partial charge in [-0.1, -0.05) is 13.8 Å². The molecule has 0 aliphatic carbocycles. The monoisotopic (exact) mass is 512 g/mol. The van der Waals surface area contributed by atoms with E-state index in [1.807, 2.05) is 58.1 Å². The van der Waals surface area contributed by atoms with E-state index >= 15 is 0 Å². The molecule has 2 aliphatic heterocycles. The van der Waals surface area contributed by atoms with Gasteiger partial charge in [-0.2, -0.15) is 5.10 Å². The summed E-state index contributed by atoms with van der Waals surface area (Å²) in [6.07, 6.45) is 5.25. The van der Waals surface area contributed by atoms with Crippen LogP contribution in [0.2, 0.25) is 0 Å². The summed E-state index contributed by atoms with van der Waals surface area (Å²) in [6.45, 7) is 14.1. The molecule has 1 saturated heterocycles. The first kappa shape index (κ1) is 27.1. The van der Waals surface area contributed by atoms with E-state index in [1.165, 1.54) is 0 Å². The molecule has 37 heavy (non-hydrogen) atoms. The van der Waals surface area contributed by atoms with Gasteiger partial charge in [-0.05, 0) is 33.8 Å². The molecule has 0 bridgehead atoms. The number of nitrogens with zero attached hydrogens (tertiary/aromatic N) is 6. The van der Waals surface area contributed by atoms with Crippen molar-refractivity contribution in [1.82, 2.24) is 24.6 Å². The quantitative estimate of drug-likeness (QED) is 0.608. The van der Waals surface area contributed by atoms with Crippen LogP contribution in [-0.2, 0) is 26.7 Å². The van der Waals surface area contributed by atoms with E-state index in [-0.39, 0.29) is 36.0 Å². The smallest absolute Gasteiger partial charge is 0.410 e. The van der Waals surface area contributed by atoms with Gasteiger partial charge in [0.15, 0.2) is 0 Å². The molecule has 202 valence electrons. The number of carbonyl (C=O) groups is 2. The van der Waals surface area contributed by atoms with E-state index in [0.29, 0.717) is 26.2 Å². The van der Waals surface area contributed by atoms with Crippen LogP contribution in [0.15, 0.2) is 24.7 Å². The van der Waals surface area contributed by atoms with Crippen molar-refractivity contribution in [3.63, 3.8) is 0 Å². The van der Waals surface area contributed by atoms with Crippen LogP contribution in [-0.4, -0.2) is 94.1 Å². The third kappa shape index (κ3) is 5.80. The van der Waals surface area contributed by atoms with Crippen molar-refractivity contribution in [2.24, 2.45) is 7.05 Å². The Labute approximate surface area is 219 Å². The van der Waals surface area contributed by atoms with Gasteiger partial charge in [0.2, 0.25) is 5.91 Å². The lowest BCUT2D eigenvalue weighted by Gasteiger charge is -2.45. The van der Waals surface area contributed by atoms with Crippen LogP contribution in [0.25, 0.3) is 11.3 Å². The first-order valence-corrected chi connectivity index (χ1v) is 12.8. The summed E-state index contributed by atoms with van der Waals surface area (Å²) in [5.41, 5.74) is 2.88. The summed E-state index contributed by atoms with van der Waals surface area (Å²) >= 11 is 0. The number of carbonyl (C=O) groups excluding carboxylic acids is 2. The van der Waals surface area contributed by atoms with E-state index in [2.05, 4.69) is 28.8 Å². The van der Waals surface area contributed by atoms with Crippen LogP contribution in [0, 0.1) is 0 Å². The van der Waals surface area contributed by atoms with Crippen LogP contribution >= 0.6 is 0 Å². The average Bonchev–Trinajstić information content (AvgIpc) is 3.34. The number of aromatic nitrogens is 3. The molecule has 4 rings (SSSR count). The summed E-state index contributed by atoms with van der Waals surface area (Å²) in [5, 5.41) is 4.26. The van der Waals surface area contributed by atoms with Crippen molar-refractivity contribution in [3.8, 4) is 11.3 Å². The predicted molar refractivity (Wildman–Crippen MR) is 141 cm³/mol. The molecule has 0 aromatic carbocycles. The minimum atomic E-state index is -0.569. The second-order valence-electron chi connectivity index (χ2n) is 11.9. The van der Waals surface area contributed by atoms with Gasteiger partial charge in [0.05, 0.1) is 36.8 Å². The molecule has 2 amide bonds. The maximum atomic E-state index is 13.8. The number of rotatable bonds is 5. The second kappa shape index (κ2) is 10.1. The third-order valence-electron chi connectivity index (χ3n) is 7.04. The van der Waals surface area contributed by atoms with Crippen molar-refractivity contribution >= 4 is 17.7 Å². The Morgan fingerprint density at radius 3 is 2.54 bits per heavy atom. The fourth-order valence-electron chi connectivity index (χ4n) is 5.18. The molecule has 0 N–H and O–H groups in total.